The van der Waals surface area contributed by atoms with Gasteiger partial charge < -0.3 is 9.47 Å². The highest BCUT2D eigenvalue weighted by atomic mass is 32.1. The number of thiazole rings is 1. The highest BCUT2D eigenvalue weighted by molar-refractivity contribution is 7.22. The molecule has 0 saturated heterocycles. The van der Waals surface area contributed by atoms with E-state index in [0.717, 1.165) is 11.3 Å². The Hall–Kier alpha value is -3.78. The van der Waals surface area contributed by atoms with Gasteiger partial charge in [-0.25, -0.2) is 9.37 Å². The molecule has 4 rings (SSSR count). The maximum atomic E-state index is 13.6. The average Bonchev–Trinajstić information content (AvgIpc) is 3.22. The summed E-state index contributed by atoms with van der Waals surface area (Å²) >= 11 is 1.18. The first-order valence-electron chi connectivity index (χ1n) is 9.30. The normalized spacial score (nSPS) is 11.1. The molecule has 1 amide bonds. The van der Waals surface area contributed by atoms with E-state index in [0.29, 0.717) is 26.7 Å². The quantitative estimate of drug-likeness (QED) is 0.311. The molecule has 0 fully saturated rings. The van der Waals surface area contributed by atoms with Gasteiger partial charge in [-0.1, -0.05) is 17.4 Å². The molecule has 3 aromatic carbocycles. The standard InChI is InChI=1S/C23H18FN3O3S/c1-29-18-9-6-15(7-10-18)14-25-27(22(28)16-4-3-5-19(12-16)30-2)23-26-20-11-8-17(24)13-21(20)31-23/h3-14H,1-2H3/b25-14+. The van der Waals surface area contributed by atoms with E-state index in [2.05, 4.69) is 10.1 Å². The van der Waals surface area contributed by atoms with Crippen molar-refractivity contribution in [3.63, 3.8) is 0 Å². The minimum atomic E-state index is -0.386. The zero-order valence-electron chi connectivity index (χ0n) is 16.8. The summed E-state index contributed by atoms with van der Waals surface area (Å²) in [5, 5.41) is 5.94. The number of benzene rings is 3. The first kappa shape index (κ1) is 20.5. The van der Waals surface area contributed by atoms with Crippen LogP contribution in [0, 0.1) is 5.82 Å². The Labute approximate surface area is 182 Å². The minimum Gasteiger partial charge on any atom is -0.497 e. The lowest BCUT2D eigenvalue weighted by Crippen LogP contribution is -2.25. The van der Waals surface area contributed by atoms with Gasteiger partial charge in [0.1, 0.15) is 17.3 Å². The summed E-state index contributed by atoms with van der Waals surface area (Å²) in [5.41, 5.74) is 1.75. The predicted molar refractivity (Wildman–Crippen MR) is 120 cm³/mol. The molecule has 4 aromatic rings. The molecule has 0 saturated carbocycles. The number of hydrogen-bond acceptors (Lipinski definition) is 6. The van der Waals surface area contributed by atoms with Gasteiger partial charge in [-0.15, -0.1) is 0 Å². The van der Waals surface area contributed by atoms with Crippen molar-refractivity contribution in [3.05, 3.63) is 83.7 Å². The zero-order chi connectivity index (χ0) is 21.8. The Morgan fingerprint density at radius 1 is 1.03 bits per heavy atom. The molecule has 0 N–H and O–H groups in total. The number of nitrogens with zero attached hydrogens (tertiary/aromatic N) is 3. The molecular formula is C23H18FN3O3S. The fourth-order valence-electron chi connectivity index (χ4n) is 2.86. The maximum Gasteiger partial charge on any atom is 0.280 e. The average molecular weight is 435 g/mol. The number of methoxy groups -OCH3 is 2. The van der Waals surface area contributed by atoms with Crippen LogP contribution in [0.5, 0.6) is 11.5 Å². The number of carbonyl (C=O) groups excluding carboxylic acids is 1. The highest BCUT2D eigenvalue weighted by Gasteiger charge is 2.21. The van der Waals surface area contributed by atoms with Crippen LogP contribution in [0.15, 0.2) is 71.8 Å². The second-order valence-corrected chi connectivity index (χ2v) is 7.48. The third-order valence-corrected chi connectivity index (χ3v) is 5.46. The molecular weight excluding hydrogens is 417 g/mol. The number of ether oxygens (including phenoxy) is 2. The van der Waals surface area contributed by atoms with Gasteiger partial charge in [0.25, 0.3) is 5.91 Å². The van der Waals surface area contributed by atoms with E-state index < -0.39 is 0 Å². The fraction of sp³-hybridized carbons (Fsp3) is 0.0870. The molecule has 6 nitrogen and oxygen atoms in total. The lowest BCUT2D eigenvalue weighted by Gasteiger charge is -2.14. The number of hydrogen-bond donors (Lipinski definition) is 0. The number of aromatic nitrogens is 1. The van der Waals surface area contributed by atoms with Crippen molar-refractivity contribution in [2.75, 3.05) is 19.2 Å². The third kappa shape index (κ3) is 4.54. The molecule has 1 heterocycles. The number of fused-ring (bicyclic) bond motifs is 1. The second kappa shape index (κ2) is 8.93. The van der Waals surface area contributed by atoms with E-state index in [9.17, 15) is 9.18 Å². The molecule has 1 aromatic heterocycles. The Bertz CT molecular complexity index is 1250. The largest absolute Gasteiger partial charge is 0.497 e. The Morgan fingerprint density at radius 2 is 1.81 bits per heavy atom. The topological polar surface area (TPSA) is 64.0 Å². The summed E-state index contributed by atoms with van der Waals surface area (Å²) in [6, 6.07) is 18.3. The number of rotatable bonds is 6. The van der Waals surface area contributed by atoms with Crippen molar-refractivity contribution in [2.24, 2.45) is 5.10 Å². The number of anilines is 1. The lowest BCUT2D eigenvalue weighted by molar-refractivity contribution is 0.0987. The van der Waals surface area contributed by atoms with E-state index in [1.165, 1.54) is 35.6 Å². The monoisotopic (exact) mass is 435 g/mol. The van der Waals surface area contributed by atoms with E-state index in [4.69, 9.17) is 9.47 Å². The van der Waals surface area contributed by atoms with Crippen LogP contribution in [0.25, 0.3) is 10.2 Å². The van der Waals surface area contributed by atoms with Crippen LogP contribution in [-0.4, -0.2) is 31.3 Å². The summed E-state index contributed by atoms with van der Waals surface area (Å²) in [6.45, 7) is 0. The van der Waals surface area contributed by atoms with Crippen molar-refractivity contribution in [3.8, 4) is 11.5 Å². The molecule has 0 unspecified atom stereocenters. The van der Waals surface area contributed by atoms with Crippen LogP contribution < -0.4 is 14.5 Å². The van der Waals surface area contributed by atoms with E-state index in [1.54, 1.807) is 55.8 Å². The van der Waals surface area contributed by atoms with Crippen LogP contribution in [0.1, 0.15) is 15.9 Å². The molecule has 0 radical (unpaired) electrons. The molecule has 0 bridgehead atoms. The fourth-order valence-corrected chi connectivity index (χ4v) is 3.81. The smallest absolute Gasteiger partial charge is 0.280 e. The molecule has 0 atom stereocenters. The number of halogens is 1. The van der Waals surface area contributed by atoms with Crippen LogP contribution in [-0.2, 0) is 0 Å². The van der Waals surface area contributed by atoms with Gasteiger partial charge in [-0.3, -0.25) is 4.79 Å². The van der Waals surface area contributed by atoms with Crippen molar-refractivity contribution < 1.29 is 18.7 Å². The Kier molecular flexibility index (Phi) is 5.90. The molecule has 31 heavy (non-hydrogen) atoms. The van der Waals surface area contributed by atoms with Gasteiger partial charge in [0, 0.05) is 5.56 Å². The number of hydrazone groups is 1. The maximum absolute atomic E-state index is 13.6. The van der Waals surface area contributed by atoms with Crippen molar-refractivity contribution in [1.29, 1.82) is 0 Å². The second-order valence-electron chi connectivity index (χ2n) is 6.48. The van der Waals surface area contributed by atoms with Gasteiger partial charge in [-0.05, 0) is 66.2 Å². The molecule has 0 aliphatic rings. The minimum absolute atomic E-state index is 0.332. The molecule has 0 aliphatic carbocycles. The molecule has 156 valence electrons. The molecule has 0 aliphatic heterocycles. The van der Waals surface area contributed by atoms with Gasteiger partial charge in [0.15, 0.2) is 0 Å². The predicted octanol–water partition coefficient (Wildman–Crippen LogP) is 5.13. The summed E-state index contributed by atoms with van der Waals surface area (Å²) < 4.78 is 24.6. The van der Waals surface area contributed by atoms with Crippen molar-refractivity contribution >= 4 is 38.8 Å². The van der Waals surface area contributed by atoms with E-state index in [1.807, 2.05) is 12.1 Å². The first-order valence-corrected chi connectivity index (χ1v) is 10.1. The summed E-state index contributed by atoms with van der Waals surface area (Å²) in [7, 11) is 3.12. The van der Waals surface area contributed by atoms with Gasteiger partial charge in [0.2, 0.25) is 5.13 Å². The molecule has 0 spiro atoms. The SMILES string of the molecule is COc1ccc(/C=N/N(C(=O)c2cccc(OC)c2)c2nc3ccc(F)cc3s2)cc1. The van der Waals surface area contributed by atoms with Gasteiger partial charge in [0.05, 0.1) is 30.7 Å². The first-order chi connectivity index (χ1) is 15.1. The van der Waals surface area contributed by atoms with Crippen LogP contribution in [0.4, 0.5) is 9.52 Å². The van der Waals surface area contributed by atoms with Crippen LogP contribution >= 0.6 is 11.3 Å². The van der Waals surface area contributed by atoms with Crippen LogP contribution in [0.3, 0.4) is 0 Å². The lowest BCUT2D eigenvalue weighted by atomic mass is 10.2. The van der Waals surface area contributed by atoms with Gasteiger partial charge in [-0.2, -0.15) is 10.1 Å². The third-order valence-electron chi connectivity index (χ3n) is 4.47. The zero-order valence-corrected chi connectivity index (χ0v) is 17.6. The number of amides is 1. The van der Waals surface area contributed by atoms with Crippen molar-refractivity contribution in [2.45, 2.75) is 0 Å². The van der Waals surface area contributed by atoms with E-state index in [-0.39, 0.29) is 11.7 Å². The van der Waals surface area contributed by atoms with Crippen molar-refractivity contribution in [1.82, 2.24) is 4.98 Å². The summed E-state index contributed by atoms with van der Waals surface area (Å²) in [4.78, 5) is 17.8. The summed E-state index contributed by atoms with van der Waals surface area (Å²) in [5.74, 6) is 0.518. The highest BCUT2D eigenvalue weighted by Crippen LogP contribution is 2.31. The number of carbonyl (C=O) groups is 1. The Morgan fingerprint density at radius 3 is 2.55 bits per heavy atom. The Balaban J connectivity index is 1.74. The van der Waals surface area contributed by atoms with E-state index >= 15 is 0 Å². The van der Waals surface area contributed by atoms with Crippen LogP contribution in [0.2, 0.25) is 0 Å². The summed E-state index contributed by atoms with van der Waals surface area (Å²) in [6.07, 6.45) is 1.56. The molecule has 8 heteroatoms. The van der Waals surface area contributed by atoms with Gasteiger partial charge >= 0.3 is 0 Å².